The second-order valence-electron chi connectivity index (χ2n) is 6.21. The van der Waals surface area contributed by atoms with Crippen LogP contribution in [0.25, 0.3) is 33.8 Å². The zero-order chi connectivity index (χ0) is 18.5. The fraction of sp³-hybridized carbons (Fsp3) is 0.0526. The lowest BCUT2D eigenvalue weighted by atomic mass is 10.1. The Balaban J connectivity index is 1.70. The van der Waals surface area contributed by atoms with Gasteiger partial charge in [-0.15, -0.1) is 5.10 Å². The Morgan fingerprint density at radius 1 is 0.963 bits per heavy atom. The summed E-state index contributed by atoms with van der Waals surface area (Å²) in [5.41, 5.74) is 4.26. The molecule has 0 spiro atoms. The summed E-state index contributed by atoms with van der Waals surface area (Å²) in [6.07, 6.45) is 3.37. The molecule has 0 N–H and O–H groups in total. The van der Waals surface area contributed by atoms with Gasteiger partial charge in [0.25, 0.3) is 0 Å². The van der Waals surface area contributed by atoms with E-state index in [0.717, 1.165) is 22.2 Å². The third kappa shape index (κ3) is 2.65. The number of halogens is 2. The van der Waals surface area contributed by atoms with E-state index in [1.54, 1.807) is 33.9 Å². The molecule has 3 aromatic heterocycles. The summed E-state index contributed by atoms with van der Waals surface area (Å²) in [7, 11) is 0. The molecule has 3 heterocycles. The first-order valence-corrected chi connectivity index (χ1v) is 8.97. The topological polar surface area (TPSA) is 60.9 Å². The summed E-state index contributed by atoms with van der Waals surface area (Å²) in [5.74, 6) is 0.648. The van der Waals surface area contributed by atoms with Gasteiger partial charge in [0.15, 0.2) is 17.1 Å². The average Bonchev–Trinajstić information content (AvgIpc) is 3.27. The Labute approximate surface area is 164 Å². The standard InChI is InChI=1S/C19H12Cl2N6/c1-11-3-2-4-12(7-11)17-24-19-14-9-23-27(18(14)22-10-26(19)25-17)13-5-6-15(20)16(21)8-13/h2-10H,1H3. The van der Waals surface area contributed by atoms with E-state index in [2.05, 4.69) is 21.2 Å². The molecule has 2 aromatic carbocycles. The minimum absolute atomic E-state index is 0.461. The molecule has 0 saturated carbocycles. The molecule has 0 saturated heterocycles. The van der Waals surface area contributed by atoms with Crippen molar-refractivity contribution in [2.24, 2.45) is 0 Å². The maximum Gasteiger partial charge on any atom is 0.182 e. The lowest BCUT2D eigenvalue weighted by molar-refractivity contribution is 0.882. The van der Waals surface area contributed by atoms with E-state index in [4.69, 9.17) is 28.2 Å². The number of benzene rings is 2. The van der Waals surface area contributed by atoms with E-state index >= 15 is 0 Å². The van der Waals surface area contributed by atoms with Crippen molar-refractivity contribution >= 4 is 39.9 Å². The predicted molar refractivity (Wildman–Crippen MR) is 106 cm³/mol. The summed E-state index contributed by atoms with van der Waals surface area (Å²) < 4.78 is 3.37. The van der Waals surface area contributed by atoms with Gasteiger partial charge in [0.1, 0.15) is 6.33 Å². The zero-order valence-electron chi connectivity index (χ0n) is 14.1. The summed E-state index contributed by atoms with van der Waals surface area (Å²) >= 11 is 12.2. The molecule has 5 aromatic rings. The van der Waals surface area contributed by atoms with Crippen molar-refractivity contribution in [1.29, 1.82) is 0 Å². The van der Waals surface area contributed by atoms with Crippen LogP contribution in [-0.4, -0.2) is 29.4 Å². The van der Waals surface area contributed by atoms with Gasteiger partial charge in [0, 0.05) is 5.56 Å². The Morgan fingerprint density at radius 3 is 2.67 bits per heavy atom. The molecule has 132 valence electrons. The largest absolute Gasteiger partial charge is 0.216 e. The van der Waals surface area contributed by atoms with E-state index in [-0.39, 0.29) is 0 Å². The highest BCUT2D eigenvalue weighted by molar-refractivity contribution is 6.42. The van der Waals surface area contributed by atoms with Crippen molar-refractivity contribution in [2.75, 3.05) is 0 Å². The van der Waals surface area contributed by atoms with Gasteiger partial charge < -0.3 is 0 Å². The van der Waals surface area contributed by atoms with Gasteiger partial charge in [-0.3, -0.25) is 0 Å². The molecule has 0 amide bonds. The molecule has 0 aliphatic rings. The molecule has 0 unspecified atom stereocenters. The van der Waals surface area contributed by atoms with Crippen LogP contribution in [0.2, 0.25) is 10.0 Å². The Kier molecular flexibility index (Phi) is 3.63. The predicted octanol–water partition coefficient (Wildman–Crippen LogP) is 4.75. The third-order valence-electron chi connectivity index (χ3n) is 4.33. The van der Waals surface area contributed by atoms with Gasteiger partial charge in [-0.25, -0.2) is 19.2 Å². The quantitative estimate of drug-likeness (QED) is 0.433. The number of hydrogen-bond acceptors (Lipinski definition) is 4. The normalized spacial score (nSPS) is 11.5. The van der Waals surface area contributed by atoms with E-state index in [0.29, 0.717) is 27.2 Å². The fourth-order valence-corrected chi connectivity index (χ4v) is 3.33. The molecule has 0 fully saturated rings. The van der Waals surface area contributed by atoms with Gasteiger partial charge >= 0.3 is 0 Å². The van der Waals surface area contributed by atoms with Crippen LogP contribution in [0.15, 0.2) is 55.0 Å². The fourth-order valence-electron chi connectivity index (χ4n) is 3.03. The third-order valence-corrected chi connectivity index (χ3v) is 5.07. The molecular formula is C19H12Cl2N6. The molecule has 6 nitrogen and oxygen atoms in total. The van der Waals surface area contributed by atoms with Crippen molar-refractivity contribution in [2.45, 2.75) is 6.92 Å². The first kappa shape index (κ1) is 16.2. The van der Waals surface area contributed by atoms with E-state index < -0.39 is 0 Å². The number of rotatable bonds is 2. The molecule has 0 radical (unpaired) electrons. The molecule has 0 aliphatic carbocycles. The zero-order valence-corrected chi connectivity index (χ0v) is 15.6. The number of aromatic nitrogens is 6. The van der Waals surface area contributed by atoms with Crippen molar-refractivity contribution in [3.05, 3.63) is 70.6 Å². The van der Waals surface area contributed by atoms with Crippen LogP contribution in [0.3, 0.4) is 0 Å². The Bertz CT molecular complexity index is 1320. The highest BCUT2D eigenvalue weighted by Gasteiger charge is 2.15. The number of hydrogen-bond donors (Lipinski definition) is 0. The molecule has 27 heavy (non-hydrogen) atoms. The molecule has 5 rings (SSSR count). The van der Waals surface area contributed by atoms with Crippen LogP contribution in [0.4, 0.5) is 0 Å². The van der Waals surface area contributed by atoms with Gasteiger partial charge in [-0.05, 0) is 31.2 Å². The van der Waals surface area contributed by atoms with E-state index in [1.165, 1.54) is 0 Å². The van der Waals surface area contributed by atoms with E-state index in [9.17, 15) is 0 Å². The SMILES string of the molecule is Cc1cccc(-c2nc3c4cnn(-c5ccc(Cl)c(Cl)c5)c4ncn3n2)c1. The highest BCUT2D eigenvalue weighted by atomic mass is 35.5. The van der Waals surface area contributed by atoms with Crippen LogP contribution >= 0.6 is 23.2 Å². The molecule has 0 atom stereocenters. The van der Waals surface area contributed by atoms with Crippen LogP contribution < -0.4 is 0 Å². The van der Waals surface area contributed by atoms with Crippen molar-refractivity contribution < 1.29 is 0 Å². The minimum atomic E-state index is 0.461. The summed E-state index contributed by atoms with van der Waals surface area (Å²) in [6.45, 7) is 2.04. The number of nitrogens with zero attached hydrogens (tertiary/aromatic N) is 6. The van der Waals surface area contributed by atoms with Crippen LogP contribution in [0.1, 0.15) is 5.56 Å². The van der Waals surface area contributed by atoms with Crippen LogP contribution in [0, 0.1) is 6.92 Å². The first-order chi connectivity index (χ1) is 13.1. The smallest absolute Gasteiger partial charge is 0.182 e. The van der Waals surface area contributed by atoms with Crippen molar-refractivity contribution in [3.8, 4) is 17.1 Å². The lowest BCUT2D eigenvalue weighted by Crippen LogP contribution is -1.99. The van der Waals surface area contributed by atoms with Crippen LogP contribution in [0.5, 0.6) is 0 Å². The van der Waals surface area contributed by atoms with Crippen molar-refractivity contribution in [3.63, 3.8) is 0 Å². The second kappa shape index (κ2) is 6.04. The maximum absolute atomic E-state index is 6.14. The monoisotopic (exact) mass is 394 g/mol. The Morgan fingerprint density at radius 2 is 1.85 bits per heavy atom. The van der Waals surface area contributed by atoms with Gasteiger partial charge in [0.05, 0.1) is 27.3 Å². The van der Waals surface area contributed by atoms with Gasteiger partial charge in [0.2, 0.25) is 0 Å². The summed E-state index contributed by atoms with van der Waals surface area (Å²) in [6, 6.07) is 13.4. The molecular weight excluding hydrogens is 383 g/mol. The van der Waals surface area contributed by atoms with Crippen molar-refractivity contribution in [1.82, 2.24) is 29.4 Å². The lowest BCUT2D eigenvalue weighted by Gasteiger charge is -2.04. The Hall–Kier alpha value is -2.96. The maximum atomic E-state index is 6.14. The summed E-state index contributed by atoms with van der Waals surface area (Å²) in [5, 5.41) is 10.8. The molecule has 0 aliphatic heterocycles. The van der Waals surface area contributed by atoms with Gasteiger partial charge in [-0.1, -0.05) is 47.0 Å². The van der Waals surface area contributed by atoms with Gasteiger partial charge in [-0.2, -0.15) is 5.10 Å². The molecule has 8 heteroatoms. The second-order valence-corrected chi connectivity index (χ2v) is 7.02. The summed E-state index contributed by atoms with van der Waals surface area (Å²) in [4.78, 5) is 9.21. The van der Waals surface area contributed by atoms with E-state index in [1.807, 2.05) is 31.2 Å². The minimum Gasteiger partial charge on any atom is -0.216 e. The molecule has 0 bridgehead atoms. The number of aryl methyl sites for hydroxylation is 1. The van der Waals surface area contributed by atoms with Crippen LogP contribution in [-0.2, 0) is 0 Å². The first-order valence-electron chi connectivity index (χ1n) is 8.22. The highest BCUT2D eigenvalue weighted by Crippen LogP contribution is 2.27. The number of fused-ring (bicyclic) bond motifs is 3. The average molecular weight is 395 g/mol.